The molecule has 0 aliphatic carbocycles. The lowest BCUT2D eigenvalue weighted by molar-refractivity contribution is -0.113. The van der Waals surface area contributed by atoms with Gasteiger partial charge in [0.15, 0.2) is 5.78 Å². The van der Waals surface area contributed by atoms with E-state index in [1.54, 1.807) is 60.7 Å². The number of halogens is 2. The first-order chi connectivity index (χ1) is 12.7. The molecule has 0 bridgehead atoms. The average molecular weight is 424 g/mol. The van der Waals surface area contributed by atoms with Crippen molar-refractivity contribution in [3.63, 3.8) is 0 Å². The Morgan fingerprint density at radius 3 is 1.52 bits per heavy atom. The van der Waals surface area contributed by atoms with Gasteiger partial charge in [-0.15, -0.1) is 0 Å². The molecule has 0 radical (unpaired) electrons. The monoisotopic (exact) mass is 423 g/mol. The zero-order chi connectivity index (χ0) is 19.6. The van der Waals surface area contributed by atoms with E-state index in [2.05, 4.69) is 0 Å². The molecule has 8 heteroatoms. The second-order valence-corrected chi connectivity index (χ2v) is 8.57. The summed E-state index contributed by atoms with van der Waals surface area (Å²) in [5.41, 5.74) is 2.04. The minimum atomic E-state index is -4.51. The molecule has 0 aromatic heterocycles. The zero-order valence-corrected chi connectivity index (χ0v) is 16.5. The first kappa shape index (κ1) is 20.0. The summed E-state index contributed by atoms with van der Waals surface area (Å²) in [7, 11) is -4.51. The number of carbonyl (C=O) groups excluding carboxylic acids is 1. The summed E-state index contributed by atoms with van der Waals surface area (Å²) in [6.45, 7) is -0.270. The maximum absolute atomic E-state index is 12.9. The van der Waals surface area contributed by atoms with Crippen molar-refractivity contribution in [1.29, 1.82) is 0 Å². The third-order valence-corrected chi connectivity index (χ3v) is 5.60. The average Bonchev–Trinajstić information content (AvgIpc) is 2.61. The Morgan fingerprint density at radius 2 is 1.19 bits per heavy atom. The van der Waals surface area contributed by atoms with Crippen molar-refractivity contribution < 1.29 is 19.1 Å². The van der Waals surface area contributed by atoms with E-state index in [9.17, 15) is 19.1 Å². The summed E-state index contributed by atoms with van der Waals surface area (Å²) in [6.07, 6.45) is 3.24. The number of hydrogen-bond acceptors (Lipinski definition) is 2. The molecule has 2 aromatic carbocycles. The predicted octanol–water partition coefficient (Wildman–Crippen LogP) is 4.44. The number of rotatable bonds is 3. The van der Waals surface area contributed by atoms with E-state index in [0.717, 1.165) is 15.8 Å². The minimum absolute atomic E-state index is 0.135. The van der Waals surface area contributed by atoms with Gasteiger partial charge < -0.3 is 9.79 Å². The van der Waals surface area contributed by atoms with Crippen molar-refractivity contribution in [3.05, 3.63) is 80.8 Å². The smallest absolute Gasteiger partial charge is 0.312 e. The van der Waals surface area contributed by atoms with Crippen LogP contribution in [0.5, 0.6) is 0 Å². The highest BCUT2D eigenvalue weighted by Crippen LogP contribution is 2.43. The van der Waals surface area contributed by atoms with Gasteiger partial charge in [-0.05, 0) is 47.5 Å². The van der Waals surface area contributed by atoms with Crippen LogP contribution >= 0.6 is 30.9 Å². The molecule has 1 saturated heterocycles. The van der Waals surface area contributed by atoms with E-state index in [1.807, 2.05) is 0 Å². The van der Waals surface area contributed by atoms with E-state index >= 15 is 0 Å². The van der Waals surface area contributed by atoms with Gasteiger partial charge >= 0.3 is 7.75 Å². The maximum Gasteiger partial charge on any atom is 0.403 e. The molecule has 0 spiro atoms. The minimum Gasteiger partial charge on any atom is -0.312 e. The van der Waals surface area contributed by atoms with Gasteiger partial charge in [0.05, 0.1) is 0 Å². The number of piperidine rings is 1. The summed E-state index contributed by atoms with van der Waals surface area (Å²) < 4.78 is 12.8. The van der Waals surface area contributed by atoms with Gasteiger partial charge in [-0.2, -0.15) is 4.67 Å². The molecule has 3 rings (SSSR count). The predicted molar refractivity (Wildman–Crippen MR) is 107 cm³/mol. The Kier molecular flexibility index (Phi) is 6.02. The summed E-state index contributed by atoms with van der Waals surface area (Å²) >= 11 is 11.7. The molecule has 1 aliphatic rings. The van der Waals surface area contributed by atoms with E-state index in [0.29, 0.717) is 21.2 Å². The van der Waals surface area contributed by atoms with Gasteiger partial charge in [0.25, 0.3) is 0 Å². The molecule has 0 atom stereocenters. The zero-order valence-electron chi connectivity index (χ0n) is 14.0. The van der Waals surface area contributed by atoms with Crippen molar-refractivity contribution in [2.45, 2.75) is 0 Å². The largest absolute Gasteiger partial charge is 0.403 e. The molecule has 0 saturated carbocycles. The van der Waals surface area contributed by atoms with Crippen LogP contribution in [0.1, 0.15) is 11.1 Å². The quantitative estimate of drug-likeness (QED) is 0.563. The Morgan fingerprint density at radius 1 is 0.815 bits per heavy atom. The van der Waals surface area contributed by atoms with Crippen LogP contribution in [0.4, 0.5) is 0 Å². The molecule has 27 heavy (non-hydrogen) atoms. The second-order valence-electron chi connectivity index (χ2n) is 6.11. The van der Waals surface area contributed by atoms with Crippen LogP contribution in [-0.2, 0) is 9.36 Å². The van der Waals surface area contributed by atoms with Crippen LogP contribution < -0.4 is 0 Å². The van der Waals surface area contributed by atoms with Gasteiger partial charge in [-0.25, -0.2) is 4.57 Å². The van der Waals surface area contributed by atoms with E-state index in [-0.39, 0.29) is 18.9 Å². The van der Waals surface area contributed by atoms with Gasteiger partial charge in [-0.3, -0.25) is 4.79 Å². The fourth-order valence-electron chi connectivity index (χ4n) is 2.73. The van der Waals surface area contributed by atoms with Gasteiger partial charge in [0.1, 0.15) is 0 Å². The molecule has 2 aromatic rings. The number of ketones is 1. The highest BCUT2D eigenvalue weighted by Gasteiger charge is 2.35. The van der Waals surface area contributed by atoms with Crippen molar-refractivity contribution in [2.24, 2.45) is 0 Å². The summed E-state index contributed by atoms with van der Waals surface area (Å²) in [5.74, 6) is -0.246. The molecule has 5 nitrogen and oxygen atoms in total. The van der Waals surface area contributed by atoms with Crippen molar-refractivity contribution in [3.8, 4) is 0 Å². The lowest BCUT2D eigenvalue weighted by Crippen LogP contribution is -2.35. The van der Waals surface area contributed by atoms with E-state index in [1.165, 1.54) is 0 Å². The third kappa shape index (κ3) is 5.17. The molecular formula is C19H16Cl2NO4P. The van der Waals surface area contributed by atoms with Gasteiger partial charge in [0, 0.05) is 34.3 Å². The second kappa shape index (κ2) is 8.11. The molecule has 1 aliphatic heterocycles. The van der Waals surface area contributed by atoms with Crippen molar-refractivity contribution >= 4 is 48.9 Å². The standard InChI is InChI=1S/C19H16Cl2NO4P/c20-17-5-1-13(2-6-17)9-15-11-22(27(24,25)26)12-16(19(15)23)10-14-3-7-18(21)8-4-14/h1-10H,11-12H2,(H2,24,25,26)/b15-9+,16-10+. The Balaban J connectivity index is 2.00. The lowest BCUT2D eigenvalue weighted by Gasteiger charge is -2.29. The summed E-state index contributed by atoms with van der Waals surface area (Å²) in [4.78, 5) is 32.1. The number of Topliss-reactive ketones (excluding diaryl/α,β-unsaturated/α-hetero) is 1. The summed E-state index contributed by atoms with van der Waals surface area (Å²) in [6, 6.07) is 13.7. The molecule has 1 heterocycles. The van der Waals surface area contributed by atoms with Gasteiger partial charge in [-0.1, -0.05) is 47.5 Å². The number of carbonyl (C=O) groups is 1. The summed E-state index contributed by atoms with van der Waals surface area (Å²) in [5, 5.41) is 1.12. The van der Waals surface area contributed by atoms with Crippen LogP contribution in [0.2, 0.25) is 10.0 Å². The molecule has 2 N–H and O–H groups in total. The lowest BCUT2D eigenvalue weighted by atomic mass is 9.95. The Hall–Kier alpha value is -1.72. The first-order valence-corrected chi connectivity index (χ1v) is 10.3. The number of nitrogens with zero attached hydrogens (tertiary/aromatic N) is 1. The van der Waals surface area contributed by atoms with Crippen LogP contribution in [0.25, 0.3) is 12.2 Å². The third-order valence-electron chi connectivity index (χ3n) is 4.08. The molecule has 140 valence electrons. The normalized spacial score (nSPS) is 19.0. The SMILES string of the molecule is O=C1/C(=C/c2ccc(Cl)cc2)CN(P(=O)(O)O)C/C1=C\c1ccc(Cl)cc1. The molecule has 1 fully saturated rings. The van der Waals surface area contributed by atoms with E-state index < -0.39 is 7.75 Å². The molecular weight excluding hydrogens is 408 g/mol. The Bertz CT molecular complexity index is 895. The van der Waals surface area contributed by atoms with Crippen molar-refractivity contribution in [1.82, 2.24) is 4.67 Å². The Labute approximate surface area is 166 Å². The number of hydrogen-bond donors (Lipinski definition) is 2. The van der Waals surface area contributed by atoms with Crippen LogP contribution in [-0.4, -0.2) is 33.3 Å². The highest BCUT2D eigenvalue weighted by molar-refractivity contribution is 7.49. The number of benzene rings is 2. The topological polar surface area (TPSA) is 77.8 Å². The highest BCUT2D eigenvalue weighted by atomic mass is 35.5. The van der Waals surface area contributed by atoms with Crippen LogP contribution in [0, 0.1) is 0 Å². The first-order valence-electron chi connectivity index (χ1n) is 8.00. The fraction of sp³-hybridized carbons (Fsp3) is 0.105. The van der Waals surface area contributed by atoms with Crippen LogP contribution in [0.15, 0.2) is 59.7 Å². The van der Waals surface area contributed by atoms with Gasteiger partial charge in [0.2, 0.25) is 0 Å². The fourth-order valence-corrected chi connectivity index (χ4v) is 3.65. The van der Waals surface area contributed by atoms with Crippen LogP contribution in [0.3, 0.4) is 0 Å². The molecule has 0 amide bonds. The molecule has 0 unspecified atom stereocenters. The van der Waals surface area contributed by atoms with E-state index in [4.69, 9.17) is 23.2 Å². The maximum atomic E-state index is 12.9. The van der Waals surface area contributed by atoms with Crippen molar-refractivity contribution in [2.75, 3.05) is 13.1 Å².